The van der Waals surface area contributed by atoms with E-state index < -0.39 is 11.8 Å². The lowest BCUT2D eigenvalue weighted by atomic mass is 10.1. The highest BCUT2D eigenvalue weighted by atomic mass is 16.5. The van der Waals surface area contributed by atoms with Crippen molar-refractivity contribution in [3.63, 3.8) is 0 Å². The van der Waals surface area contributed by atoms with Crippen LogP contribution in [0.15, 0.2) is 36.4 Å². The second kappa shape index (κ2) is 9.64. The Morgan fingerprint density at radius 2 is 1.54 bits per heavy atom. The first kappa shape index (κ1) is 21.1. The molecule has 150 valence electrons. The van der Waals surface area contributed by atoms with E-state index in [2.05, 4.69) is 29.4 Å². The van der Waals surface area contributed by atoms with E-state index in [-0.39, 0.29) is 0 Å². The minimum atomic E-state index is -0.793. The van der Waals surface area contributed by atoms with Gasteiger partial charge in [-0.3, -0.25) is 9.59 Å². The summed E-state index contributed by atoms with van der Waals surface area (Å²) in [6.45, 7) is 7.86. The molecule has 0 fully saturated rings. The number of methoxy groups -OCH3 is 2. The second-order valence-electron chi connectivity index (χ2n) is 6.15. The van der Waals surface area contributed by atoms with Crippen LogP contribution in [0.25, 0.3) is 0 Å². The summed E-state index contributed by atoms with van der Waals surface area (Å²) in [6, 6.07) is 10.7. The number of anilines is 3. The van der Waals surface area contributed by atoms with Crippen molar-refractivity contribution in [2.75, 3.05) is 42.8 Å². The van der Waals surface area contributed by atoms with Gasteiger partial charge in [-0.1, -0.05) is 0 Å². The van der Waals surface area contributed by atoms with Gasteiger partial charge in [0.1, 0.15) is 11.5 Å². The van der Waals surface area contributed by atoms with Crippen LogP contribution < -0.4 is 25.0 Å². The molecular formula is C21H27N3O4. The third kappa shape index (κ3) is 4.94. The van der Waals surface area contributed by atoms with Gasteiger partial charge in [-0.05, 0) is 56.7 Å². The number of rotatable bonds is 7. The fourth-order valence-corrected chi connectivity index (χ4v) is 2.84. The zero-order valence-corrected chi connectivity index (χ0v) is 17.0. The van der Waals surface area contributed by atoms with Crippen molar-refractivity contribution in [3.8, 4) is 11.5 Å². The largest absolute Gasteiger partial charge is 0.497 e. The maximum Gasteiger partial charge on any atom is 0.314 e. The third-order valence-corrected chi connectivity index (χ3v) is 4.45. The summed E-state index contributed by atoms with van der Waals surface area (Å²) in [5, 5.41) is 5.22. The number of carbonyl (C=O) groups is 2. The van der Waals surface area contributed by atoms with Crippen molar-refractivity contribution < 1.29 is 19.1 Å². The van der Waals surface area contributed by atoms with E-state index >= 15 is 0 Å². The van der Waals surface area contributed by atoms with Crippen LogP contribution in [-0.2, 0) is 9.59 Å². The second-order valence-corrected chi connectivity index (χ2v) is 6.15. The fraction of sp³-hybridized carbons (Fsp3) is 0.333. The van der Waals surface area contributed by atoms with Crippen molar-refractivity contribution >= 4 is 28.9 Å². The van der Waals surface area contributed by atoms with Crippen LogP contribution in [0.2, 0.25) is 0 Å². The summed E-state index contributed by atoms with van der Waals surface area (Å²) in [5.41, 5.74) is 2.90. The Kier molecular flexibility index (Phi) is 7.26. The molecular weight excluding hydrogens is 358 g/mol. The summed E-state index contributed by atoms with van der Waals surface area (Å²) in [5.74, 6) is -0.580. The molecule has 2 N–H and O–H groups in total. The monoisotopic (exact) mass is 385 g/mol. The van der Waals surface area contributed by atoms with Crippen LogP contribution >= 0.6 is 0 Å². The first-order valence-corrected chi connectivity index (χ1v) is 9.13. The van der Waals surface area contributed by atoms with E-state index in [0.29, 0.717) is 22.9 Å². The van der Waals surface area contributed by atoms with Crippen LogP contribution in [0, 0.1) is 6.92 Å². The molecule has 28 heavy (non-hydrogen) atoms. The van der Waals surface area contributed by atoms with E-state index in [1.807, 2.05) is 19.1 Å². The van der Waals surface area contributed by atoms with E-state index in [4.69, 9.17) is 9.47 Å². The van der Waals surface area contributed by atoms with Gasteiger partial charge in [0, 0.05) is 30.5 Å². The van der Waals surface area contributed by atoms with Gasteiger partial charge in [0.25, 0.3) is 0 Å². The lowest BCUT2D eigenvalue weighted by Crippen LogP contribution is -2.29. The molecule has 7 nitrogen and oxygen atoms in total. The first-order chi connectivity index (χ1) is 13.4. The van der Waals surface area contributed by atoms with Crippen molar-refractivity contribution in [1.29, 1.82) is 0 Å². The Labute approximate surface area is 165 Å². The molecule has 2 rings (SSSR count). The highest BCUT2D eigenvalue weighted by molar-refractivity contribution is 6.43. The molecule has 0 saturated carbocycles. The lowest BCUT2D eigenvalue weighted by molar-refractivity contribution is -0.133. The Morgan fingerprint density at radius 1 is 0.893 bits per heavy atom. The SMILES string of the molecule is CCN(CC)c1ccc(NC(=O)C(=O)Nc2cc(OC)ccc2OC)c(C)c1. The van der Waals surface area contributed by atoms with Crippen LogP contribution in [0.1, 0.15) is 19.4 Å². The highest BCUT2D eigenvalue weighted by Crippen LogP contribution is 2.29. The third-order valence-electron chi connectivity index (χ3n) is 4.45. The number of ether oxygens (including phenoxy) is 2. The normalized spacial score (nSPS) is 10.2. The summed E-state index contributed by atoms with van der Waals surface area (Å²) in [7, 11) is 3.00. The molecule has 0 aliphatic heterocycles. The smallest absolute Gasteiger partial charge is 0.314 e. The number of carbonyl (C=O) groups excluding carboxylic acids is 2. The fourth-order valence-electron chi connectivity index (χ4n) is 2.84. The van der Waals surface area contributed by atoms with Crippen molar-refractivity contribution in [1.82, 2.24) is 0 Å². The Morgan fingerprint density at radius 3 is 2.07 bits per heavy atom. The highest BCUT2D eigenvalue weighted by Gasteiger charge is 2.18. The van der Waals surface area contributed by atoms with Gasteiger partial charge in [0.2, 0.25) is 0 Å². The summed E-state index contributed by atoms with van der Waals surface area (Å²) < 4.78 is 10.4. The number of nitrogens with zero attached hydrogens (tertiary/aromatic N) is 1. The molecule has 0 saturated heterocycles. The zero-order valence-electron chi connectivity index (χ0n) is 17.0. The van der Waals surface area contributed by atoms with Gasteiger partial charge in [0.15, 0.2) is 0 Å². The Bertz CT molecular complexity index is 848. The number of nitrogens with one attached hydrogen (secondary N) is 2. The molecule has 0 aliphatic carbocycles. The van der Waals surface area contributed by atoms with Gasteiger partial charge in [-0.15, -0.1) is 0 Å². The standard InChI is InChI=1S/C21H27N3O4/c1-6-24(7-2)15-8-10-17(14(3)12-15)22-20(25)21(26)23-18-13-16(27-4)9-11-19(18)28-5/h8-13H,6-7H2,1-5H3,(H,22,25)(H,23,26). The molecule has 0 aromatic heterocycles. The van der Waals surface area contributed by atoms with Crippen LogP contribution in [0.4, 0.5) is 17.1 Å². The predicted molar refractivity (Wildman–Crippen MR) is 112 cm³/mol. The molecule has 2 aromatic rings. The lowest BCUT2D eigenvalue weighted by Gasteiger charge is -2.22. The van der Waals surface area contributed by atoms with Gasteiger partial charge in [-0.2, -0.15) is 0 Å². The van der Waals surface area contributed by atoms with Crippen LogP contribution in [0.5, 0.6) is 11.5 Å². The molecule has 0 radical (unpaired) electrons. The number of benzene rings is 2. The maximum atomic E-state index is 12.3. The van der Waals surface area contributed by atoms with Gasteiger partial charge in [0.05, 0.1) is 19.9 Å². The molecule has 0 unspecified atom stereocenters. The van der Waals surface area contributed by atoms with Crippen molar-refractivity contribution in [2.24, 2.45) is 0 Å². The Balaban J connectivity index is 2.12. The predicted octanol–water partition coefficient (Wildman–Crippen LogP) is 3.44. The molecule has 0 aliphatic rings. The average Bonchev–Trinajstić information content (AvgIpc) is 2.70. The van der Waals surface area contributed by atoms with E-state index in [0.717, 1.165) is 24.3 Å². The first-order valence-electron chi connectivity index (χ1n) is 9.13. The van der Waals surface area contributed by atoms with E-state index in [1.54, 1.807) is 24.3 Å². The summed E-state index contributed by atoms with van der Waals surface area (Å²) >= 11 is 0. The minimum Gasteiger partial charge on any atom is -0.497 e. The summed E-state index contributed by atoms with van der Waals surface area (Å²) in [4.78, 5) is 26.9. The molecule has 7 heteroatoms. The zero-order chi connectivity index (χ0) is 20.7. The van der Waals surface area contributed by atoms with Gasteiger partial charge in [-0.25, -0.2) is 0 Å². The number of amides is 2. The molecule has 2 amide bonds. The molecule has 0 heterocycles. The average molecular weight is 385 g/mol. The Hall–Kier alpha value is -3.22. The van der Waals surface area contributed by atoms with E-state index in [1.165, 1.54) is 14.2 Å². The quantitative estimate of drug-likeness (QED) is 0.714. The topological polar surface area (TPSA) is 79.9 Å². The van der Waals surface area contributed by atoms with Crippen LogP contribution in [-0.4, -0.2) is 39.1 Å². The summed E-state index contributed by atoms with van der Waals surface area (Å²) in [6.07, 6.45) is 0. The molecule has 0 bridgehead atoms. The van der Waals surface area contributed by atoms with Crippen molar-refractivity contribution in [2.45, 2.75) is 20.8 Å². The molecule has 0 spiro atoms. The van der Waals surface area contributed by atoms with Crippen LogP contribution in [0.3, 0.4) is 0 Å². The number of hydrogen-bond acceptors (Lipinski definition) is 5. The van der Waals surface area contributed by atoms with Gasteiger partial charge >= 0.3 is 11.8 Å². The van der Waals surface area contributed by atoms with Crippen molar-refractivity contribution in [3.05, 3.63) is 42.0 Å². The minimum absolute atomic E-state index is 0.357. The van der Waals surface area contributed by atoms with E-state index in [9.17, 15) is 9.59 Å². The molecule has 0 atom stereocenters. The maximum absolute atomic E-state index is 12.3. The number of hydrogen-bond donors (Lipinski definition) is 2. The van der Waals surface area contributed by atoms with Gasteiger partial charge < -0.3 is 25.0 Å². The number of aryl methyl sites for hydroxylation is 1. The molecule has 2 aromatic carbocycles.